The third-order valence-corrected chi connectivity index (χ3v) is 5.96. The number of hydrogen-bond donors (Lipinski definition) is 1. The quantitative estimate of drug-likeness (QED) is 0.827. The summed E-state index contributed by atoms with van der Waals surface area (Å²) in [5.74, 6) is 0. The van der Waals surface area contributed by atoms with Crippen LogP contribution >= 0.6 is 0 Å². The fourth-order valence-electron chi connectivity index (χ4n) is 4.40. The van der Waals surface area contributed by atoms with Crippen molar-refractivity contribution in [3.8, 4) is 0 Å². The van der Waals surface area contributed by atoms with Crippen molar-refractivity contribution in [3.63, 3.8) is 0 Å². The van der Waals surface area contributed by atoms with Gasteiger partial charge in [0, 0.05) is 30.7 Å². The summed E-state index contributed by atoms with van der Waals surface area (Å²) in [5.41, 5.74) is 0.517. The highest BCUT2D eigenvalue weighted by Gasteiger charge is 2.58. The van der Waals surface area contributed by atoms with E-state index in [1.54, 1.807) is 0 Å². The molecule has 3 unspecified atom stereocenters. The summed E-state index contributed by atoms with van der Waals surface area (Å²) in [4.78, 5) is 2.54. The van der Waals surface area contributed by atoms with Crippen LogP contribution in [0.4, 0.5) is 0 Å². The molecule has 1 spiro atoms. The normalized spacial score (nSPS) is 37.9. The maximum Gasteiger partial charge on any atom is 0.0661 e. The van der Waals surface area contributed by atoms with Crippen molar-refractivity contribution in [2.75, 3.05) is 26.7 Å². The van der Waals surface area contributed by atoms with Crippen LogP contribution in [0.3, 0.4) is 0 Å². The molecule has 1 heterocycles. The molecule has 3 heteroatoms. The van der Waals surface area contributed by atoms with Gasteiger partial charge >= 0.3 is 0 Å². The summed E-state index contributed by atoms with van der Waals surface area (Å²) < 4.78 is 5.93. The number of rotatable bonds is 5. The molecule has 0 amide bonds. The highest BCUT2D eigenvalue weighted by atomic mass is 16.5. The summed E-state index contributed by atoms with van der Waals surface area (Å²) in [7, 11) is 2.29. The van der Waals surface area contributed by atoms with E-state index in [1.807, 2.05) is 0 Å². The zero-order valence-electron chi connectivity index (χ0n) is 12.7. The third-order valence-electron chi connectivity index (χ3n) is 5.96. The van der Waals surface area contributed by atoms with Gasteiger partial charge in [-0.3, -0.25) is 0 Å². The molecule has 19 heavy (non-hydrogen) atoms. The van der Waals surface area contributed by atoms with E-state index in [1.165, 1.54) is 58.0 Å². The van der Waals surface area contributed by atoms with Crippen LogP contribution in [0.5, 0.6) is 0 Å². The molecule has 0 aromatic carbocycles. The highest BCUT2D eigenvalue weighted by molar-refractivity contribution is 5.12. The minimum atomic E-state index is 0.517. The topological polar surface area (TPSA) is 24.5 Å². The van der Waals surface area contributed by atoms with Crippen LogP contribution in [0.1, 0.15) is 51.9 Å². The van der Waals surface area contributed by atoms with Crippen molar-refractivity contribution in [1.29, 1.82) is 0 Å². The summed E-state index contributed by atoms with van der Waals surface area (Å²) in [5, 5.41) is 3.88. The molecule has 0 bridgehead atoms. The molecule has 0 aromatic heterocycles. The first-order chi connectivity index (χ1) is 9.26. The van der Waals surface area contributed by atoms with Crippen molar-refractivity contribution in [3.05, 3.63) is 0 Å². The molecule has 0 radical (unpaired) electrons. The number of hydrogen-bond acceptors (Lipinski definition) is 3. The van der Waals surface area contributed by atoms with E-state index in [0.717, 1.165) is 18.7 Å². The number of likely N-dealkylation sites (N-methyl/N-ethyl adjacent to an activating group) is 1. The van der Waals surface area contributed by atoms with Gasteiger partial charge in [0.15, 0.2) is 0 Å². The van der Waals surface area contributed by atoms with E-state index in [4.69, 9.17) is 4.74 Å². The van der Waals surface area contributed by atoms with Crippen LogP contribution in [-0.4, -0.2) is 49.8 Å². The maximum absolute atomic E-state index is 5.93. The van der Waals surface area contributed by atoms with Crippen LogP contribution in [0.2, 0.25) is 0 Å². The molecule has 1 aliphatic heterocycles. The van der Waals surface area contributed by atoms with Crippen LogP contribution in [0.15, 0.2) is 0 Å². The number of nitrogens with one attached hydrogen (secondary N) is 1. The second-order valence-corrected chi connectivity index (χ2v) is 6.86. The molecular weight excluding hydrogens is 236 g/mol. The summed E-state index contributed by atoms with van der Waals surface area (Å²) in [6.45, 7) is 5.47. The largest absolute Gasteiger partial charge is 0.378 e. The Bertz CT molecular complexity index is 303. The fraction of sp³-hybridized carbons (Fsp3) is 1.00. The van der Waals surface area contributed by atoms with Gasteiger partial charge in [-0.2, -0.15) is 0 Å². The summed E-state index contributed by atoms with van der Waals surface area (Å²) in [6, 6.07) is 1.49. The Hall–Kier alpha value is -0.120. The van der Waals surface area contributed by atoms with Crippen molar-refractivity contribution >= 4 is 0 Å². The Kier molecular flexibility index (Phi) is 4.16. The van der Waals surface area contributed by atoms with Gasteiger partial charge in [-0.1, -0.05) is 12.8 Å². The summed E-state index contributed by atoms with van der Waals surface area (Å²) in [6.07, 6.45) is 10.1. The van der Waals surface area contributed by atoms with Gasteiger partial charge in [-0.15, -0.1) is 0 Å². The molecule has 0 aromatic rings. The molecule has 2 saturated carbocycles. The average molecular weight is 266 g/mol. The van der Waals surface area contributed by atoms with Gasteiger partial charge in [-0.05, 0) is 52.6 Å². The lowest BCUT2D eigenvalue weighted by Gasteiger charge is -2.61. The Balaban J connectivity index is 1.48. The first-order valence-corrected chi connectivity index (χ1v) is 8.31. The maximum atomic E-state index is 5.93. The van der Waals surface area contributed by atoms with Crippen molar-refractivity contribution in [1.82, 2.24) is 10.2 Å². The Morgan fingerprint density at radius 3 is 2.74 bits per heavy atom. The second-order valence-electron chi connectivity index (χ2n) is 6.86. The average Bonchev–Trinajstić information content (AvgIpc) is 2.32. The Morgan fingerprint density at radius 2 is 2.11 bits per heavy atom. The van der Waals surface area contributed by atoms with Gasteiger partial charge in [0.25, 0.3) is 0 Å². The van der Waals surface area contributed by atoms with Gasteiger partial charge in [0.05, 0.1) is 6.10 Å². The zero-order chi connectivity index (χ0) is 13.3. The van der Waals surface area contributed by atoms with Gasteiger partial charge in [0.2, 0.25) is 0 Å². The standard InChI is InChI=1S/C16H30N2O/c1-3-19-15-11-14(16(15)8-6-9-16)17-12-13-7-4-5-10-18(13)2/h13-15,17H,3-12H2,1-2H3. The summed E-state index contributed by atoms with van der Waals surface area (Å²) >= 11 is 0. The number of piperidine rings is 1. The third kappa shape index (κ3) is 2.45. The molecule has 1 saturated heterocycles. The minimum Gasteiger partial charge on any atom is -0.378 e. The lowest BCUT2D eigenvalue weighted by atomic mass is 9.51. The Labute approximate surface area is 118 Å². The van der Waals surface area contributed by atoms with Crippen molar-refractivity contribution in [2.24, 2.45) is 5.41 Å². The van der Waals surface area contributed by atoms with E-state index < -0.39 is 0 Å². The molecule has 3 atom stereocenters. The van der Waals surface area contributed by atoms with Crippen molar-refractivity contribution in [2.45, 2.75) is 70.1 Å². The van der Waals surface area contributed by atoms with Crippen molar-refractivity contribution < 1.29 is 4.74 Å². The highest BCUT2D eigenvalue weighted by Crippen LogP contribution is 2.57. The smallest absolute Gasteiger partial charge is 0.0661 e. The van der Waals surface area contributed by atoms with E-state index in [-0.39, 0.29) is 0 Å². The monoisotopic (exact) mass is 266 g/mol. The van der Waals surface area contributed by atoms with E-state index >= 15 is 0 Å². The minimum absolute atomic E-state index is 0.517. The van der Waals surface area contributed by atoms with Crippen LogP contribution in [0.25, 0.3) is 0 Å². The number of likely N-dealkylation sites (tertiary alicyclic amines) is 1. The SMILES string of the molecule is CCOC1CC(NCC2CCCCN2C)C12CCC2. The number of ether oxygens (including phenoxy) is 1. The lowest BCUT2D eigenvalue weighted by Crippen LogP contribution is -2.67. The zero-order valence-corrected chi connectivity index (χ0v) is 12.7. The van der Waals surface area contributed by atoms with Crippen LogP contribution < -0.4 is 5.32 Å². The molecule has 1 N–H and O–H groups in total. The molecule has 3 nitrogen and oxygen atoms in total. The molecule has 110 valence electrons. The molecular formula is C16H30N2O. The van der Waals surface area contributed by atoms with Gasteiger partial charge < -0.3 is 15.0 Å². The Morgan fingerprint density at radius 1 is 1.26 bits per heavy atom. The molecule has 3 aliphatic rings. The van der Waals surface area contributed by atoms with E-state index in [9.17, 15) is 0 Å². The predicted octanol–water partition coefficient (Wildman–Crippen LogP) is 2.41. The first-order valence-electron chi connectivity index (χ1n) is 8.31. The number of nitrogens with zero attached hydrogens (tertiary/aromatic N) is 1. The molecule has 3 rings (SSSR count). The second kappa shape index (κ2) is 5.71. The van der Waals surface area contributed by atoms with Gasteiger partial charge in [-0.25, -0.2) is 0 Å². The van der Waals surface area contributed by atoms with E-state index in [0.29, 0.717) is 11.5 Å². The van der Waals surface area contributed by atoms with Gasteiger partial charge in [0.1, 0.15) is 0 Å². The van der Waals surface area contributed by atoms with Crippen LogP contribution in [0, 0.1) is 5.41 Å². The lowest BCUT2D eigenvalue weighted by molar-refractivity contribution is -0.173. The molecule has 3 fully saturated rings. The molecule has 2 aliphatic carbocycles. The fourth-order valence-corrected chi connectivity index (χ4v) is 4.40. The van der Waals surface area contributed by atoms with E-state index in [2.05, 4.69) is 24.2 Å². The van der Waals surface area contributed by atoms with Crippen LogP contribution in [-0.2, 0) is 4.74 Å². The predicted molar refractivity (Wildman–Crippen MR) is 78.4 cm³/mol. The first kappa shape index (κ1) is 13.8.